The molecule has 3 heteroatoms. The first-order valence-electron chi connectivity index (χ1n) is 5.67. The minimum atomic E-state index is 0.477. The summed E-state index contributed by atoms with van der Waals surface area (Å²) >= 11 is 0. The Balaban J connectivity index is 2.42. The van der Waals surface area contributed by atoms with Crippen LogP contribution in [0.4, 0.5) is 0 Å². The van der Waals surface area contributed by atoms with Gasteiger partial charge in [0.2, 0.25) is 5.88 Å². The molecular weight excluding hydrogens is 212 g/mol. The molecule has 0 fully saturated rings. The van der Waals surface area contributed by atoms with E-state index in [1.165, 1.54) is 0 Å². The number of hydrogen-bond donors (Lipinski definition) is 0. The Morgan fingerprint density at radius 2 is 2.24 bits per heavy atom. The van der Waals surface area contributed by atoms with Crippen LogP contribution in [-0.4, -0.2) is 16.4 Å². The average Bonchev–Trinajstić information content (AvgIpc) is 2.72. The molecule has 0 spiro atoms. The van der Waals surface area contributed by atoms with E-state index in [9.17, 15) is 0 Å². The molecule has 17 heavy (non-hydrogen) atoms. The SMILES string of the molecule is C=CCOc1nn(C/C=C/C)c2ccccc12. The molecule has 2 aromatic rings. The first-order valence-corrected chi connectivity index (χ1v) is 5.67. The number of allylic oxidation sites excluding steroid dienone is 2. The van der Waals surface area contributed by atoms with Crippen molar-refractivity contribution in [3.63, 3.8) is 0 Å². The molecule has 0 aliphatic carbocycles. The molecule has 3 nitrogen and oxygen atoms in total. The van der Waals surface area contributed by atoms with Crippen LogP contribution in [0.15, 0.2) is 49.1 Å². The van der Waals surface area contributed by atoms with Crippen LogP contribution in [0, 0.1) is 0 Å². The minimum absolute atomic E-state index is 0.477. The third-order valence-corrected chi connectivity index (χ3v) is 2.48. The van der Waals surface area contributed by atoms with Crippen LogP contribution >= 0.6 is 0 Å². The van der Waals surface area contributed by atoms with Crippen LogP contribution in [0.2, 0.25) is 0 Å². The van der Waals surface area contributed by atoms with Crippen molar-refractivity contribution in [3.8, 4) is 5.88 Å². The van der Waals surface area contributed by atoms with Gasteiger partial charge in [0.15, 0.2) is 0 Å². The van der Waals surface area contributed by atoms with Gasteiger partial charge in [-0.15, -0.1) is 5.10 Å². The molecule has 2 rings (SSSR count). The van der Waals surface area contributed by atoms with Crippen molar-refractivity contribution in [2.24, 2.45) is 0 Å². The zero-order chi connectivity index (χ0) is 12.1. The highest BCUT2D eigenvalue weighted by molar-refractivity contribution is 5.84. The molecular formula is C14H16N2O. The van der Waals surface area contributed by atoms with Crippen LogP contribution in [-0.2, 0) is 6.54 Å². The Kier molecular flexibility index (Phi) is 3.60. The van der Waals surface area contributed by atoms with Gasteiger partial charge in [-0.25, -0.2) is 0 Å². The summed E-state index contributed by atoms with van der Waals surface area (Å²) in [5.74, 6) is 0.671. The smallest absolute Gasteiger partial charge is 0.241 e. The van der Waals surface area contributed by atoms with Gasteiger partial charge in [0.05, 0.1) is 17.4 Å². The molecule has 0 radical (unpaired) electrons. The van der Waals surface area contributed by atoms with Crippen LogP contribution in [0.1, 0.15) is 6.92 Å². The van der Waals surface area contributed by atoms with E-state index in [4.69, 9.17) is 4.74 Å². The predicted octanol–water partition coefficient (Wildman–Crippen LogP) is 3.18. The summed E-state index contributed by atoms with van der Waals surface area (Å²) in [6, 6.07) is 8.07. The predicted molar refractivity (Wildman–Crippen MR) is 70.2 cm³/mol. The molecule has 0 aliphatic rings. The van der Waals surface area contributed by atoms with Crippen LogP contribution in [0.5, 0.6) is 5.88 Å². The van der Waals surface area contributed by atoms with Gasteiger partial charge >= 0.3 is 0 Å². The lowest BCUT2D eigenvalue weighted by atomic mass is 10.2. The fourth-order valence-corrected chi connectivity index (χ4v) is 1.69. The van der Waals surface area contributed by atoms with Crippen molar-refractivity contribution < 1.29 is 4.74 Å². The van der Waals surface area contributed by atoms with Crippen molar-refractivity contribution in [1.29, 1.82) is 0 Å². The standard InChI is InChI=1S/C14H16N2O/c1-3-5-10-16-13-9-7-6-8-12(13)14(15-16)17-11-4-2/h3-9H,2,10-11H2,1H3/b5-3+. The van der Waals surface area contributed by atoms with Gasteiger partial charge in [0, 0.05) is 0 Å². The van der Waals surface area contributed by atoms with E-state index in [1.807, 2.05) is 41.9 Å². The third kappa shape index (κ3) is 2.38. The Morgan fingerprint density at radius 3 is 3.00 bits per heavy atom. The van der Waals surface area contributed by atoms with Crippen molar-refractivity contribution in [2.75, 3.05) is 6.61 Å². The lowest BCUT2D eigenvalue weighted by Crippen LogP contribution is -1.99. The Morgan fingerprint density at radius 1 is 1.41 bits per heavy atom. The van der Waals surface area contributed by atoms with Crippen LogP contribution < -0.4 is 4.74 Å². The van der Waals surface area contributed by atoms with Gasteiger partial charge in [0.25, 0.3) is 0 Å². The van der Waals surface area contributed by atoms with Crippen molar-refractivity contribution in [1.82, 2.24) is 9.78 Å². The van der Waals surface area contributed by atoms with E-state index in [2.05, 4.69) is 17.8 Å². The largest absolute Gasteiger partial charge is 0.472 e. The second kappa shape index (κ2) is 5.34. The molecule has 0 saturated heterocycles. The van der Waals surface area contributed by atoms with Gasteiger partial charge in [-0.05, 0) is 19.1 Å². The summed E-state index contributed by atoms with van der Waals surface area (Å²) in [6.45, 7) is 6.88. The highest BCUT2D eigenvalue weighted by Gasteiger charge is 2.09. The second-order valence-corrected chi connectivity index (χ2v) is 3.67. The van der Waals surface area contributed by atoms with E-state index in [0.29, 0.717) is 12.5 Å². The third-order valence-electron chi connectivity index (χ3n) is 2.48. The maximum absolute atomic E-state index is 5.55. The lowest BCUT2D eigenvalue weighted by molar-refractivity contribution is 0.347. The van der Waals surface area contributed by atoms with Gasteiger partial charge in [-0.2, -0.15) is 0 Å². The molecule has 1 aromatic carbocycles. The summed E-state index contributed by atoms with van der Waals surface area (Å²) in [7, 11) is 0. The Bertz CT molecular complexity index is 540. The van der Waals surface area contributed by atoms with Gasteiger partial charge in [-0.1, -0.05) is 36.9 Å². The molecule has 0 bridgehead atoms. The lowest BCUT2D eigenvalue weighted by Gasteiger charge is -1.97. The summed E-state index contributed by atoms with van der Waals surface area (Å²) in [5.41, 5.74) is 1.09. The van der Waals surface area contributed by atoms with E-state index in [0.717, 1.165) is 17.4 Å². The zero-order valence-electron chi connectivity index (χ0n) is 9.97. The average molecular weight is 228 g/mol. The van der Waals surface area contributed by atoms with E-state index in [1.54, 1.807) is 6.08 Å². The highest BCUT2D eigenvalue weighted by atomic mass is 16.5. The van der Waals surface area contributed by atoms with E-state index >= 15 is 0 Å². The fraction of sp³-hybridized carbons (Fsp3) is 0.214. The van der Waals surface area contributed by atoms with Gasteiger partial charge in [0.1, 0.15) is 6.61 Å². The number of aromatic nitrogens is 2. The monoisotopic (exact) mass is 228 g/mol. The Hall–Kier alpha value is -2.03. The zero-order valence-corrected chi connectivity index (χ0v) is 9.97. The fourth-order valence-electron chi connectivity index (χ4n) is 1.69. The normalized spacial score (nSPS) is 11.1. The number of para-hydroxylation sites is 1. The number of rotatable bonds is 5. The summed E-state index contributed by atoms with van der Waals surface area (Å²) in [6.07, 6.45) is 5.80. The van der Waals surface area contributed by atoms with Crippen LogP contribution in [0.25, 0.3) is 10.9 Å². The highest BCUT2D eigenvalue weighted by Crippen LogP contribution is 2.24. The first-order chi connectivity index (χ1) is 8.36. The minimum Gasteiger partial charge on any atom is -0.472 e. The number of fused-ring (bicyclic) bond motifs is 1. The molecule has 0 N–H and O–H groups in total. The molecule has 1 heterocycles. The van der Waals surface area contributed by atoms with Crippen LogP contribution in [0.3, 0.4) is 0 Å². The second-order valence-electron chi connectivity index (χ2n) is 3.67. The Labute approximate surface area is 101 Å². The first kappa shape index (κ1) is 11.5. The number of nitrogens with zero attached hydrogens (tertiary/aromatic N) is 2. The van der Waals surface area contributed by atoms with Crippen molar-refractivity contribution in [2.45, 2.75) is 13.5 Å². The maximum atomic E-state index is 5.55. The summed E-state index contributed by atoms with van der Waals surface area (Å²) < 4.78 is 7.49. The van der Waals surface area contributed by atoms with Gasteiger partial charge in [-0.3, -0.25) is 4.68 Å². The molecule has 0 atom stereocenters. The van der Waals surface area contributed by atoms with Crippen molar-refractivity contribution >= 4 is 10.9 Å². The molecule has 0 saturated carbocycles. The van der Waals surface area contributed by atoms with E-state index < -0.39 is 0 Å². The number of ether oxygens (including phenoxy) is 1. The summed E-state index contributed by atoms with van der Waals surface area (Å²) in [4.78, 5) is 0. The van der Waals surface area contributed by atoms with E-state index in [-0.39, 0.29) is 0 Å². The topological polar surface area (TPSA) is 27.1 Å². The molecule has 1 aromatic heterocycles. The molecule has 0 amide bonds. The van der Waals surface area contributed by atoms with Gasteiger partial charge < -0.3 is 4.74 Å². The quantitative estimate of drug-likeness (QED) is 0.735. The summed E-state index contributed by atoms with van der Waals surface area (Å²) in [5, 5.41) is 5.50. The molecule has 0 unspecified atom stereocenters. The number of benzene rings is 1. The number of hydrogen-bond acceptors (Lipinski definition) is 2. The maximum Gasteiger partial charge on any atom is 0.241 e. The van der Waals surface area contributed by atoms with Crippen molar-refractivity contribution in [3.05, 3.63) is 49.1 Å². The molecule has 0 aliphatic heterocycles. The molecule has 88 valence electrons.